The number of nitrogens with one attached hydrogen (secondary N) is 1. The molecule has 4 amide bonds. The van der Waals surface area contributed by atoms with E-state index in [4.69, 9.17) is 11.6 Å². The third-order valence-corrected chi connectivity index (χ3v) is 5.17. The number of carbonyl (C=O) groups is 3. The van der Waals surface area contributed by atoms with Crippen LogP contribution in [0.1, 0.15) is 25.0 Å². The van der Waals surface area contributed by atoms with Gasteiger partial charge in [0.2, 0.25) is 0 Å². The van der Waals surface area contributed by atoms with Gasteiger partial charge in [-0.3, -0.25) is 19.8 Å². The molecule has 0 aliphatic carbocycles. The quantitative estimate of drug-likeness (QED) is 0.579. The van der Waals surface area contributed by atoms with E-state index in [1.54, 1.807) is 24.3 Å². The lowest BCUT2D eigenvalue weighted by molar-refractivity contribution is -0.130. The molecule has 0 spiro atoms. The number of anilines is 1. The second kappa shape index (κ2) is 8.92. The number of carbonyl (C=O) groups excluding carboxylic acids is 3. The number of nitrogens with zero attached hydrogens (tertiary/aromatic N) is 2. The number of imide groups is 2. The van der Waals surface area contributed by atoms with Crippen LogP contribution in [0.4, 0.5) is 10.5 Å². The van der Waals surface area contributed by atoms with E-state index in [2.05, 4.69) is 24.1 Å². The summed E-state index contributed by atoms with van der Waals surface area (Å²) in [6.07, 6.45) is 1.50. The number of halogens is 1. The lowest BCUT2D eigenvalue weighted by Gasteiger charge is -2.26. The van der Waals surface area contributed by atoms with Crippen molar-refractivity contribution in [3.8, 4) is 0 Å². The van der Waals surface area contributed by atoms with Crippen molar-refractivity contribution in [2.24, 2.45) is 0 Å². The molecule has 1 N–H and O–H groups in total. The van der Waals surface area contributed by atoms with E-state index < -0.39 is 17.8 Å². The van der Waals surface area contributed by atoms with Crippen molar-refractivity contribution >= 4 is 41.2 Å². The third-order valence-electron chi connectivity index (χ3n) is 4.80. The third kappa shape index (κ3) is 4.49. The van der Waals surface area contributed by atoms with Gasteiger partial charge in [-0.2, -0.15) is 0 Å². The number of urea groups is 1. The molecule has 1 fully saturated rings. The molecule has 2 aromatic carbocycles. The first-order valence-electron chi connectivity index (χ1n) is 9.41. The molecule has 1 aliphatic heterocycles. The lowest BCUT2D eigenvalue weighted by Crippen LogP contribution is -2.53. The second-order valence-corrected chi connectivity index (χ2v) is 6.97. The fourth-order valence-electron chi connectivity index (χ4n) is 3.17. The minimum atomic E-state index is -0.756. The summed E-state index contributed by atoms with van der Waals surface area (Å²) >= 11 is 6.14. The number of amides is 4. The Bertz CT molecular complexity index is 966. The minimum absolute atomic E-state index is 0.0180. The van der Waals surface area contributed by atoms with E-state index in [9.17, 15) is 14.4 Å². The highest BCUT2D eigenvalue weighted by Crippen LogP contribution is 2.22. The highest BCUT2D eigenvalue weighted by Gasteiger charge is 2.35. The van der Waals surface area contributed by atoms with Crippen LogP contribution in [0.2, 0.25) is 5.02 Å². The Morgan fingerprint density at radius 1 is 1.00 bits per heavy atom. The smallest absolute Gasteiger partial charge is 0.331 e. The van der Waals surface area contributed by atoms with Gasteiger partial charge in [-0.25, -0.2) is 4.79 Å². The van der Waals surface area contributed by atoms with Crippen molar-refractivity contribution in [3.05, 3.63) is 70.3 Å². The van der Waals surface area contributed by atoms with Crippen molar-refractivity contribution < 1.29 is 14.4 Å². The van der Waals surface area contributed by atoms with Gasteiger partial charge in [-0.05, 0) is 49.2 Å². The SMILES string of the molecule is CCN(CC)c1ccc(/C=C2\C(=O)NC(=O)N(Cc3ccccc3Cl)C2=O)cc1. The maximum Gasteiger partial charge on any atom is 0.331 e. The van der Waals surface area contributed by atoms with Crippen molar-refractivity contribution in [1.29, 1.82) is 0 Å². The van der Waals surface area contributed by atoms with E-state index >= 15 is 0 Å². The van der Waals surface area contributed by atoms with Crippen molar-refractivity contribution in [2.75, 3.05) is 18.0 Å². The Hall–Kier alpha value is -3.12. The summed E-state index contributed by atoms with van der Waals surface area (Å²) < 4.78 is 0. The highest BCUT2D eigenvalue weighted by atomic mass is 35.5. The Morgan fingerprint density at radius 3 is 2.28 bits per heavy atom. The molecule has 0 aromatic heterocycles. The summed E-state index contributed by atoms with van der Waals surface area (Å²) in [6.45, 7) is 5.91. The molecule has 0 bridgehead atoms. The number of barbiturate groups is 1. The fourth-order valence-corrected chi connectivity index (χ4v) is 3.37. The van der Waals surface area contributed by atoms with Crippen molar-refractivity contribution in [2.45, 2.75) is 20.4 Å². The zero-order chi connectivity index (χ0) is 21.0. The number of benzene rings is 2. The highest BCUT2D eigenvalue weighted by molar-refractivity contribution is 6.32. The van der Waals surface area contributed by atoms with Crippen LogP contribution in [0, 0.1) is 0 Å². The average Bonchev–Trinajstić information content (AvgIpc) is 2.71. The summed E-state index contributed by atoms with van der Waals surface area (Å²) in [4.78, 5) is 40.5. The van der Waals surface area contributed by atoms with Gasteiger partial charge >= 0.3 is 6.03 Å². The van der Waals surface area contributed by atoms with Crippen LogP contribution in [0.25, 0.3) is 6.08 Å². The standard InChI is InChI=1S/C22H22ClN3O3/c1-3-25(4-2)17-11-9-15(10-12-17)13-18-20(27)24-22(29)26(21(18)28)14-16-7-5-6-8-19(16)23/h5-13H,3-4,14H2,1-2H3,(H,24,27,29)/b18-13+. The summed E-state index contributed by atoms with van der Waals surface area (Å²) in [5.74, 6) is -1.35. The monoisotopic (exact) mass is 411 g/mol. The van der Waals surface area contributed by atoms with Crippen LogP contribution < -0.4 is 10.2 Å². The molecule has 1 heterocycles. The van der Waals surface area contributed by atoms with Gasteiger partial charge in [-0.1, -0.05) is 41.9 Å². The molecule has 2 aromatic rings. The first-order chi connectivity index (χ1) is 13.9. The van der Waals surface area contributed by atoms with Crippen LogP contribution in [0.5, 0.6) is 0 Å². The van der Waals surface area contributed by atoms with Crippen molar-refractivity contribution in [1.82, 2.24) is 10.2 Å². The summed E-state index contributed by atoms with van der Waals surface area (Å²) in [5, 5.41) is 2.67. The summed E-state index contributed by atoms with van der Waals surface area (Å²) in [7, 11) is 0. The van der Waals surface area contributed by atoms with Crippen LogP contribution in [0.15, 0.2) is 54.1 Å². The van der Waals surface area contributed by atoms with Crippen LogP contribution in [-0.4, -0.2) is 35.8 Å². The first-order valence-corrected chi connectivity index (χ1v) is 9.79. The van der Waals surface area contributed by atoms with E-state index in [1.165, 1.54) is 6.08 Å². The maximum absolute atomic E-state index is 12.9. The van der Waals surface area contributed by atoms with Gasteiger partial charge in [0.25, 0.3) is 11.8 Å². The van der Waals surface area contributed by atoms with Crippen LogP contribution in [0.3, 0.4) is 0 Å². The van der Waals surface area contributed by atoms with E-state index in [0.717, 1.165) is 23.7 Å². The largest absolute Gasteiger partial charge is 0.372 e. The van der Waals surface area contributed by atoms with Crippen molar-refractivity contribution in [3.63, 3.8) is 0 Å². The average molecular weight is 412 g/mol. The van der Waals surface area contributed by atoms with Gasteiger partial charge in [0.1, 0.15) is 5.57 Å². The molecule has 29 heavy (non-hydrogen) atoms. The molecule has 150 valence electrons. The molecule has 3 rings (SSSR count). The molecule has 0 unspecified atom stereocenters. The molecule has 1 saturated heterocycles. The molecule has 0 atom stereocenters. The molecule has 1 aliphatic rings. The Morgan fingerprint density at radius 2 is 1.66 bits per heavy atom. The number of rotatable bonds is 6. The Labute approximate surface area is 174 Å². The molecule has 0 saturated carbocycles. The minimum Gasteiger partial charge on any atom is -0.372 e. The number of hydrogen-bond acceptors (Lipinski definition) is 4. The van der Waals surface area contributed by atoms with Crippen LogP contribution >= 0.6 is 11.6 Å². The Kier molecular flexibility index (Phi) is 6.34. The van der Waals surface area contributed by atoms with Gasteiger partial charge in [0.05, 0.1) is 6.54 Å². The van der Waals surface area contributed by atoms with Gasteiger partial charge in [0.15, 0.2) is 0 Å². The molecule has 7 heteroatoms. The second-order valence-electron chi connectivity index (χ2n) is 6.56. The van der Waals surface area contributed by atoms with Gasteiger partial charge in [-0.15, -0.1) is 0 Å². The molecular formula is C22H22ClN3O3. The summed E-state index contributed by atoms with van der Waals surface area (Å²) in [5.41, 5.74) is 2.29. The zero-order valence-electron chi connectivity index (χ0n) is 16.3. The normalized spacial score (nSPS) is 15.6. The number of hydrogen-bond donors (Lipinski definition) is 1. The molecule has 6 nitrogen and oxygen atoms in total. The lowest BCUT2D eigenvalue weighted by atomic mass is 10.1. The fraction of sp³-hybridized carbons (Fsp3) is 0.227. The zero-order valence-corrected chi connectivity index (χ0v) is 17.1. The molecular weight excluding hydrogens is 390 g/mol. The van der Waals surface area contributed by atoms with E-state index in [0.29, 0.717) is 16.1 Å². The van der Waals surface area contributed by atoms with Gasteiger partial charge in [0, 0.05) is 23.8 Å². The topological polar surface area (TPSA) is 69.7 Å². The van der Waals surface area contributed by atoms with E-state index in [1.807, 2.05) is 24.3 Å². The van der Waals surface area contributed by atoms with E-state index in [-0.39, 0.29) is 12.1 Å². The predicted molar refractivity (Wildman–Crippen MR) is 114 cm³/mol. The van der Waals surface area contributed by atoms with Crippen LogP contribution in [-0.2, 0) is 16.1 Å². The predicted octanol–water partition coefficient (Wildman–Crippen LogP) is 3.85. The maximum atomic E-state index is 12.9. The van der Waals surface area contributed by atoms with Gasteiger partial charge < -0.3 is 4.90 Å². The summed E-state index contributed by atoms with van der Waals surface area (Å²) in [6, 6.07) is 13.8. The first kappa shape index (κ1) is 20.6. The Balaban J connectivity index is 1.86. The molecule has 0 radical (unpaired) electrons.